The van der Waals surface area contributed by atoms with Crippen molar-refractivity contribution < 1.29 is 13.9 Å². The number of hydrogen-bond donors (Lipinski definition) is 0. The van der Waals surface area contributed by atoms with Crippen molar-refractivity contribution in [2.75, 3.05) is 7.11 Å². The number of aryl methyl sites for hydroxylation is 2. The average molecular weight is 439 g/mol. The Balaban J connectivity index is 1.80. The number of furan rings is 1. The number of rotatable bonds is 8. The topological polar surface area (TPSA) is 92.2 Å². The van der Waals surface area contributed by atoms with Crippen molar-refractivity contribution in [1.82, 2.24) is 19.3 Å². The summed E-state index contributed by atoms with van der Waals surface area (Å²) in [5.74, 6) is 1.81. The van der Waals surface area contributed by atoms with E-state index in [-0.39, 0.29) is 12.1 Å². The van der Waals surface area contributed by atoms with Gasteiger partial charge in [-0.1, -0.05) is 11.8 Å². The fourth-order valence-electron chi connectivity index (χ4n) is 3.45. The lowest BCUT2D eigenvalue weighted by Gasteiger charge is -2.13. The highest BCUT2D eigenvalue weighted by Crippen LogP contribution is 2.29. The van der Waals surface area contributed by atoms with Crippen LogP contribution in [0.1, 0.15) is 34.3 Å². The molecule has 0 radical (unpaired) electrons. The molecule has 4 aromatic rings. The number of thioether (sulfide) groups is 1. The van der Waals surface area contributed by atoms with Crippen molar-refractivity contribution in [3.05, 3.63) is 69.5 Å². The van der Waals surface area contributed by atoms with Crippen LogP contribution < -0.4 is 10.3 Å². The van der Waals surface area contributed by atoms with Gasteiger partial charge in [0.15, 0.2) is 10.7 Å². The van der Waals surface area contributed by atoms with Crippen LogP contribution in [0.5, 0.6) is 5.75 Å². The van der Waals surface area contributed by atoms with E-state index in [4.69, 9.17) is 14.1 Å². The molecule has 0 atom stereocenters. The quantitative estimate of drug-likeness (QED) is 0.235. The van der Waals surface area contributed by atoms with Crippen molar-refractivity contribution in [2.24, 2.45) is 0 Å². The summed E-state index contributed by atoms with van der Waals surface area (Å²) in [6.45, 7) is 4.63. The average Bonchev–Trinajstić information content (AvgIpc) is 3.41. The van der Waals surface area contributed by atoms with Gasteiger partial charge in [0.25, 0.3) is 5.56 Å². The molecule has 1 aromatic carbocycles. The van der Waals surface area contributed by atoms with Gasteiger partial charge in [-0.2, -0.15) is 5.10 Å². The maximum atomic E-state index is 13.4. The summed E-state index contributed by atoms with van der Waals surface area (Å²) in [6.07, 6.45) is 2.38. The van der Waals surface area contributed by atoms with Crippen LogP contribution in [0.15, 0.2) is 51.0 Å². The highest BCUT2D eigenvalue weighted by atomic mass is 32.2. The Kier molecular flexibility index (Phi) is 5.94. The summed E-state index contributed by atoms with van der Waals surface area (Å²) >= 11 is 1.40. The van der Waals surface area contributed by atoms with E-state index < -0.39 is 0 Å². The minimum Gasteiger partial charge on any atom is -0.496 e. The molecule has 0 fully saturated rings. The SMILES string of the molecule is CCn1nc(C)c2nc(SCc3cc(C=O)ccc3OC)n(Cc3ccco3)c(=O)c21. The number of nitrogens with zero attached hydrogens (tertiary/aromatic N) is 4. The van der Waals surface area contributed by atoms with E-state index in [1.165, 1.54) is 11.8 Å². The van der Waals surface area contributed by atoms with Crippen LogP contribution in [-0.4, -0.2) is 32.7 Å². The minimum absolute atomic E-state index is 0.167. The van der Waals surface area contributed by atoms with E-state index in [0.29, 0.717) is 51.3 Å². The molecule has 31 heavy (non-hydrogen) atoms. The Hall–Kier alpha value is -3.33. The number of aldehydes is 1. The van der Waals surface area contributed by atoms with Gasteiger partial charge in [-0.15, -0.1) is 0 Å². The molecule has 160 valence electrons. The smallest absolute Gasteiger partial charge is 0.280 e. The molecule has 9 heteroatoms. The van der Waals surface area contributed by atoms with Gasteiger partial charge < -0.3 is 9.15 Å². The number of benzene rings is 1. The first-order chi connectivity index (χ1) is 15.0. The third-order valence-corrected chi connectivity index (χ3v) is 6.00. The molecule has 0 bridgehead atoms. The van der Waals surface area contributed by atoms with Crippen molar-refractivity contribution >= 4 is 29.1 Å². The van der Waals surface area contributed by atoms with Crippen molar-refractivity contribution in [2.45, 2.75) is 37.8 Å². The molecule has 4 rings (SSSR count). The van der Waals surface area contributed by atoms with Crippen molar-refractivity contribution in [3.63, 3.8) is 0 Å². The van der Waals surface area contributed by atoms with E-state index in [1.807, 2.05) is 19.9 Å². The largest absolute Gasteiger partial charge is 0.496 e. The molecular formula is C22H22N4O4S. The van der Waals surface area contributed by atoms with Gasteiger partial charge in [0.2, 0.25) is 0 Å². The molecule has 0 saturated carbocycles. The summed E-state index contributed by atoms with van der Waals surface area (Å²) in [7, 11) is 1.59. The maximum absolute atomic E-state index is 13.4. The van der Waals surface area contributed by atoms with Crippen LogP contribution in [0, 0.1) is 6.92 Å². The van der Waals surface area contributed by atoms with Crippen molar-refractivity contribution in [3.8, 4) is 5.75 Å². The number of fused-ring (bicyclic) bond motifs is 1. The van der Waals surface area contributed by atoms with Crippen LogP contribution >= 0.6 is 11.8 Å². The minimum atomic E-state index is -0.167. The molecule has 0 unspecified atom stereocenters. The molecule has 0 aliphatic heterocycles. The molecule has 3 aromatic heterocycles. The molecule has 0 spiro atoms. The highest BCUT2D eigenvalue weighted by Gasteiger charge is 2.19. The lowest BCUT2D eigenvalue weighted by Crippen LogP contribution is -2.25. The lowest BCUT2D eigenvalue weighted by atomic mass is 10.1. The Morgan fingerprint density at radius 2 is 2.13 bits per heavy atom. The van der Waals surface area contributed by atoms with Crippen LogP contribution in [0.4, 0.5) is 0 Å². The van der Waals surface area contributed by atoms with E-state index in [9.17, 15) is 9.59 Å². The van der Waals surface area contributed by atoms with Gasteiger partial charge in [0.1, 0.15) is 23.3 Å². The summed E-state index contributed by atoms with van der Waals surface area (Å²) in [6, 6.07) is 8.87. The predicted octanol–water partition coefficient (Wildman–Crippen LogP) is 3.68. The van der Waals surface area contributed by atoms with Crippen LogP contribution in [-0.2, 0) is 18.8 Å². The summed E-state index contributed by atoms with van der Waals surface area (Å²) < 4.78 is 14.2. The molecule has 0 aliphatic carbocycles. The Labute approximate surface area is 182 Å². The first kappa shape index (κ1) is 20.9. The summed E-state index contributed by atoms with van der Waals surface area (Å²) in [5.41, 5.74) is 3.03. The van der Waals surface area contributed by atoms with E-state index in [0.717, 1.165) is 11.8 Å². The zero-order valence-corrected chi connectivity index (χ0v) is 18.3. The molecule has 0 amide bonds. The number of aromatic nitrogens is 4. The molecule has 8 nitrogen and oxygen atoms in total. The van der Waals surface area contributed by atoms with Gasteiger partial charge in [-0.05, 0) is 44.2 Å². The van der Waals surface area contributed by atoms with Crippen LogP contribution in [0.25, 0.3) is 11.0 Å². The second-order valence-electron chi connectivity index (χ2n) is 6.94. The Morgan fingerprint density at radius 3 is 2.81 bits per heavy atom. The van der Waals surface area contributed by atoms with Crippen molar-refractivity contribution in [1.29, 1.82) is 0 Å². The molecule has 0 aliphatic rings. The third-order valence-electron chi connectivity index (χ3n) is 4.97. The molecular weight excluding hydrogens is 416 g/mol. The Morgan fingerprint density at radius 1 is 1.29 bits per heavy atom. The third kappa shape index (κ3) is 4.00. The summed E-state index contributed by atoms with van der Waals surface area (Å²) in [5, 5.41) is 5.01. The van der Waals surface area contributed by atoms with Gasteiger partial charge in [0.05, 0.1) is 25.6 Å². The van der Waals surface area contributed by atoms with Gasteiger partial charge in [-0.25, -0.2) is 4.98 Å². The number of ether oxygens (including phenoxy) is 1. The second-order valence-corrected chi connectivity index (χ2v) is 7.88. The molecule has 3 heterocycles. The Bertz CT molecular complexity index is 1290. The second kappa shape index (κ2) is 8.81. The zero-order chi connectivity index (χ0) is 22.0. The van der Waals surface area contributed by atoms with E-state index in [1.54, 1.807) is 46.9 Å². The first-order valence-electron chi connectivity index (χ1n) is 9.81. The van der Waals surface area contributed by atoms with E-state index >= 15 is 0 Å². The fourth-order valence-corrected chi connectivity index (χ4v) is 4.42. The lowest BCUT2D eigenvalue weighted by molar-refractivity contribution is 0.112. The normalized spacial score (nSPS) is 11.2. The van der Waals surface area contributed by atoms with E-state index in [2.05, 4.69) is 5.10 Å². The number of methoxy groups -OCH3 is 1. The fraction of sp³-hybridized carbons (Fsp3) is 0.273. The zero-order valence-electron chi connectivity index (χ0n) is 17.5. The predicted molar refractivity (Wildman–Crippen MR) is 118 cm³/mol. The molecule has 0 saturated heterocycles. The number of carbonyl (C=O) groups excluding carboxylic acids is 1. The van der Waals surface area contributed by atoms with Gasteiger partial charge >= 0.3 is 0 Å². The first-order valence-corrected chi connectivity index (χ1v) is 10.8. The summed E-state index contributed by atoms with van der Waals surface area (Å²) in [4.78, 5) is 29.4. The standard InChI is InChI=1S/C22H22N4O4S/c1-4-26-20-19(14(2)24-26)23-22(25(21(20)28)11-17-6-5-9-30-17)31-13-16-10-15(12-27)7-8-18(16)29-3/h5-10,12H,4,11,13H2,1-3H3. The number of carbonyl (C=O) groups is 1. The molecule has 0 N–H and O–H groups in total. The van der Waals surface area contributed by atoms with Gasteiger partial charge in [-0.3, -0.25) is 18.8 Å². The highest BCUT2D eigenvalue weighted by molar-refractivity contribution is 7.98. The van der Waals surface area contributed by atoms with Crippen LogP contribution in [0.3, 0.4) is 0 Å². The van der Waals surface area contributed by atoms with Crippen LogP contribution in [0.2, 0.25) is 0 Å². The maximum Gasteiger partial charge on any atom is 0.280 e. The monoisotopic (exact) mass is 438 g/mol. The van der Waals surface area contributed by atoms with Gasteiger partial charge in [0, 0.05) is 23.4 Å². The number of hydrogen-bond acceptors (Lipinski definition) is 7.